The molecule has 0 radical (unpaired) electrons. The second kappa shape index (κ2) is 5.91. The van der Waals surface area contributed by atoms with Crippen LogP contribution in [0.25, 0.3) is 0 Å². The Bertz CT molecular complexity index is 648. The zero-order valence-corrected chi connectivity index (χ0v) is 13.0. The van der Waals surface area contributed by atoms with Gasteiger partial charge in [0.05, 0.1) is 0 Å². The lowest BCUT2D eigenvalue weighted by Crippen LogP contribution is -2.28. The minimum Gasteiger partial charge on any atom is -0.508 e. The van der Waals surface area contributed by atoms with E-state index in [4.69, 9.17) is 4.74 Å². The van der Waals surface area contributed by atoms with Crippen molar-refractivity contribution in [3.8, 4) is 17.2 Å². The number of benzene rings is 2. The van der Waals surface area contributed by atoms with Crippen molar-refractivity contribution in [2.75, 3.05) is 0 Å². The van der Waals surface area contributed by atoms with Crippen LogP contribution in [-0.2, 0) is 0 Å². The highest BCUT2D eigenvalue weighted by molar-refractivity contribution is 5.45. The molecule has 3 atom stereocenters. The SMILES string of the molecule is CCC[C@@H]1[C@H](C)c2cc(O)ccc2O[C@@H]1c1ccc(O)cc1. The number of hydrogen-bond acceptors (Lipinski definition) is 3. The maximum absolute atomic E-state index is 9.75. The number of aromatic hydroxyl groups is 2. The monoisotopic (exact) mass is 298 g/mol. The molecule has 0 aliphatic carbocycles. The third-order valence-corrected chi connectivity index (χ3v) is 4.61. The minimum absolute atomic E-state index is 0.0207. The molecule has 0 saturated heterocycles. The van der Waals surface area contributed by atoms with E-state index in [1.165, 1.54) is 0 Å². The molecule has 0 saturated carbocycles. The lowest BCUT2D eigenvalue weighted by molar-refractivity contribution is 0.0892. The lowest BCUT2D eigenvalue weighted by atomic mass is 9.76. The molecular weight excluding hydrogens is 276 g/mol. The summed E-state index contributed by atoms with van der Waals surface area (Å²) in [6.07, 6.45) is 2.12. The fourth-order valence-corrected chi connectivity index (χ4v) is 3.43. The molecule has 22 heavy (non-hydrogen) atoms. The number of hydrogen-bond donors (Lipinski definition) is 2. The van der Waals surface area contributed by atoms with Crippen molar-refractivity contribution in [2.24, 2.45) is 5.92 Å². The molecule has 0 aromatic heterocycles. The summed E-state index contributed by atoms with van der Waals surface area (Å²) in [5.41, 5.74) is 2.16. The molecule has 1 aliphatic heterocycles. The molecule has 1 aliphatic rings. The summed E-state index contributed by atoms with van der Waals surface area (Å²) in [6.45, 7) is 4.38. The maximum atomic E-state index is 9.75. The predicted octanol–water partition coefficient (Wildman–Crippen LogP) is 4.75. The number of fused-ring (bicyclic) bond motifs is 1. The van der Waals surface area contributed by atoms with Gasteiger partial charge in [-0.1, -0.05) is 32.4 Å². The normalized spacial score (nSPS) is 23.6. The molecule has 2 N–H and O–H groups in total. The highest BCUT2D eigenvalue weighted by Gasteiger charge is 2.36. The largest absolute Gasteiger partial charge is 0.508 e. The van der Waals surface area contributed by atoms with Crippen molar-refractivity contribution in [3.63, 3.8) is 0 Å². The third-order valence-electron chi connectivity index (χ3n) is 4.61. The Morgan fingerprint density at radius 2 is 1.68 bits per heavy atom. The molecular formula is C19H22O3. The molecule has 0 amide bonds. The van der Waals surface area contributed by atoms with E-state index in [1.807, 2.05) is 24.3 Å². The average Bonchev–Trinajstić information content (AvgIpc) is 2.51. The zero-order valence-electron chi connectivity index (χ0n) is 13.0. The van der Waals surface area contributed by atoms with Crippen LogP contribution in [0.5, 0.6) is 17.2 Å². The van der Waals surface area contributed by atoms with Gasteiger partial charge in [0, 0.05) is 11.5 Å². The molecule has 0 fully saturated rings. The zero-order chi connectivity index (χ0) is 15.7. The van der Waals surface area contributed by atoms with E-state index in [0.29, 0.717) is 11.8 Å². The Morgan fingerprint density at radius 1 is 1.00 bits per heavy atom. The van der Waals surface area contributed by atoms with E-state index in [9.17, 15) is 10.2 Å². The van der Waals surface area contributed by atoms with E-state index < -0.39 is 0 Å². The molecule has 0 unspecified atom stereocenters. The maximum Gasteiger partial charge on any atom is 0.127 e. The van der Waals surface area contributed by atoms with E-state index >= 15 is 0 Å². The highest BCUT2D eigenvalue weighted by atomic mass is 16.5. The lowest BCUT2D eigenvalue weighted by Gasteiger charge is -2.38. The van der Waals surface area contributed by atoms with Gasteiger partial charge in [-0.3, -0.25) is 0 Å². The first kappa shape index (κ1) is 14.8. The molecule has 116 valence electrons. The summed E-state index contributed by atoms with van der Waals surface area (Å²) >= 11 is 0. The van der Waals surface area contributed by atoms with Crippen LogP contribution in [0, 0.1) is 5.92 Å². The third kappa shape index (κ3) is 2.63. The summed E-state index contributed by atoms with van der Waals surface area (Å²) < 4.78 is 6.26. The molecule has 3 nitrogen and oxygen atoms in total. The molecule has 3 heteroatoms. The number of rotatable bonds is 3. The first-order chi connectivity index (χ1) is 10.6. The molecule has 2 aromatic carbocycles. The number of phenols is 2. The van der Waals surface area contributed by atoms with Crippen LogP contribution in [-0.4, -0.2) is 10.2 Å². The Kier molecular flexibility index (Phi) is 3.97. The Morgan fingerprint density at radius 3 is 2.36 bits per heavy atom. The van der Waals surface area contributed by atoms with Crippen LogP contribution >= 0.6 is 0 Å². The second-order valence-electron chi connectivity index (χ2n) is 6.09. The van der Waals surface area contributed by atoms with Crippen LogP contribution in [0.15, 0.2) is 42.5 Å². The molecule has 1 heterocycles. The predicted molar refractivity (Wildman–Crippen MR) is 86.4 cm³/mol. The van der Waals surface area contributed by atoms with E-state index in [-0.39, 0.29) is 17.6 Å². The van der Waals surface area contributed by atoms with Gasteiger partial charge in [0.25, 0.3) is 0 Å². The number of phenolic OH excluding ortho intramolecular Hbond substituents is 2. The molecule has 0 spiro atoms. The van der Waals surface area contributed by atoms with E-state index in [2.05, 4.69) is 13.8 Å². The standard InChI is InChI=1S/C19H22O3/c1-3-4-16-12(2)17-11-15(21)9-10-18(17)22-19(16)13-5-7-14(20)8-6-13/h5-12,16,19-21H,3-4H2,1-2H3/t12-,16+,19+/m0/s1. The average molecular weight is 298 g/mol. The van der Waals surface area contributed by atoms with Crippen molar-refractivity contribution < 1.29 is 14.9 Å². The summed E-state index contributed by atoms with van der Waals surface area (Å²) in [7, 11) is 0. The van der Waals surface area contributed by atoms with Crippen LogP contribution in [0.2, 0.25) is 0 Å². The van der Waals surface area contributed by atoms with E-state index in [0.717, 1.165) is 29.7 Å². The second-order valence-corrected chi connectivity index (χ2v) is 6.09. The van der Waals surface area contributed by atoms with Gasteiger partial charge < -0.3 is 14.9 Å². The number of ether oxygens (including phenoxy) is 1. The van der Waals surface area contributed by atoms with Gasteiger partial charge >= 0.3 is 0 Å². The van der Waals surface area contributed by atoms with Crippen LogP contribution in [0.3, 0.4) is 0 Å². The Labute approximate surface area is 131 Å². The summed E-state index contributed by atoms with van der Waals surface area (Å²) in [5, 5.41) is 19.2. The van der Waals surface area contributed by atoms with Gasteiger partial charge in [0.15, 0.2) is 0 Å². The van der Waals surface area contributed by atoms with Crippen molar-refractivity contribution >= 4 is 0 Å². The summed E-state index contributed by atoms with van der Waals surface area (Å²) in [6, 6.07) is 12.6. The van der Waals surface area contributed by atoms with Gasteiger partial charge in [-0.2, -0.15) is 0 Å². The summed E-state index contributed by atoms with van der Waals surface area (Å²) in [4.78, 5) is 0. The minimum atomic E-state index is -0.0207. The molecule has 0 bridgehead atoms. The van der Waals surface area contributed by atoms with E-state index in [1.54, 1.807) is 18.2 Å². The van der Waals surface area contributed by atoms with Gasteiger partial charge in [-0.05, 0) is 48.2 Å². The van der Waals surface area contributed by atoms with Crippen molar-refractivity contribution in [3.05, 3.63) is 53.6 Å². The summed E-state index contributed by atoms with van der Waals surface area (Å²) in [5.74, 6) is 2.06. The van der Waals surface area contributed by atoms with Crippen molar-refractivity contribution in [1.82, 2.24) is 0 Å². The van der Waals surface area contributed by atoms with Crippen molar-refractivity contribution in [2.45, 2.75) is 38.7 Å². The van der Waals surface area contributed by atoms with Crippen LogP contribution in [0.4, 0.5) is 0 Å². The van der Waals surface area contributed by atoms with Crippen molar-refractivity contribution in [1.29, 1.82) is 0 Å². The van der Waals surface area contributed by atoms with Gasteiger partial charge in [0.1, 0.15) is 23.4 Å². The van der Waals surface area contributed by atoms with Gasteiger partial charge in [0.2, 0.25) is 0 Å². The molecule has 3 rings (SSSR count). The fourth-order valence-electron chi connectivity index (χ4n) is 3.43. The van der Waals surface area contributed by atoms with Gasteiger partial charge in [-0.15, -0.1) is 0 Å². The topological polar surface area (TPSA) is 49.7 Å². The fraction of sp³-hybridized carbons (Fsp3) is 0.368. The smallest absolute Gasteiger partial charge is 0.127 e. The highest BCUT2D eigenvalue weighted by Crippen LogP contribution is 2.48. The van der Waals surface area contributed by atoms with Crippen LogP contribution < -0.4 is 4.74 Å². The quantitative estimate of drug-likeness (QED) is 0.859. The molecule has 2 aromatic rings. The first-order valence-electron chi connectivity index (χ1n) is 7.88. The first-order valence-corrected chi connectivity index (χ1v) is 7.88. The van der Waals surface area contributed by atoms with Gasteiger partial charge in [-0.25, -0.2) is 0 Å². The Hall–Kier alpha value is -2.16. The Balaban J connectivity index is 2.01. The van der Waals surface area contributed by atoms with Crippen LogP contribution in [0.1, 0.15) is 49.8 Å².